The van der Waals surface area contributed by atoms with Gasteiger partial charge in [0.1, 0.15) is 0 Å². The lowest BCUT2D eigenvalue weighted by molar-refractivity contribution is 0.153. The van der Waals surface area contributed by atoms with Crippen LogP contribution in [-0.4, -0.2) is 32.0 Å². The second-order valence-electron chi connectivity index (χ2n) is 3.82. The number of aliphatic hydroxyl groups is 1. The van der Waals surface area contributed by atoms with Crippen LogP contribution in [0.15, 0.2) is 18.2 Å². The van der Waals surface area contributed by atoms with E-state index < -0.39 is 6.10 Å². The largest absolute Gasteiger partial charge is 0.493 e. The molecule has 0 amide bonds. The molecular weight excluding hydrogens is 208 g/mol. The van der Waals surface area contributed by atoms with Crippen LogP contribution in [0.5, 0.6) is 11.5 Å². The first kappa shape index (κ1) is 11.2. The van der Waals surface area contributed by atoms with E-state index in [1.54, 1.807) is 26.4 Å². The van der Waals surface area contributed by atoms with Crippen molar-refractivity contribution in [1.82, 2.24) is 0 Å². The van der Waals surface area contributed by atoms with Gasteiger partial charge in [-0.1, -0.05) is 6.07 Å². The highest BCUT2D eigenvalue weighted by molar-refractivity contribution is 5.43. The van der Waals surface area contributed by atoms with Crippen molar-refractivity contribution < 1.29 is 19.3 Å². The molecule has 0 bridgehead atoms. The maximum Gasteiger partial charge on any atom is 0.161 e. The van der Waals surface area contributed by atoms with Gasteiger partial charge in [-0.2, -0.15) is 0 Å². The average molecular weight is 224 g/mol. The van der Waals surface area contributed by atoms with Crippen LogP contribution in [0.3, 0.4) is 0 Å². The second-order valence-corrected chi connectivity index (χ2v) is 3.82. The molecule has 0 saturated carbocycles. The Bertz CT molecular complexity index is 360. The zero-order valence-electron chi connectivity index (χ0n) is 9.47. The SMILES string of the molecule is COc1ccc(C(O)CC2CO2)cc1OC. The Morgan fingerprint density at radius 1 is 1.38 bits per heavy atom. The molecule has 0 aliphatic carbocycles. The molecule has 1 N–H and O–H groups in total. The first-order valence-corrected chi connectivity index (χ1v) is 5.26. The number of epoxide rings is 1. The van der Waals surface area contributed by atoms with E-state index in [0.29, 0.717) is 17.9 Å². The van der Waals surface area contributed by atoms with E-state index in [1.807, 2.05) is 6.07 Å². The number of benzene rings is 1. The summed E-state index contributed by atoms with van der Waals surface area (Å²) in [5.41, 5.74) is 0.827. The van der Waals surface area contributed by atoms with Crippen LogP contribution < -0.4 is 9.47 Å². The van der Waals surface area contributed by atoms with E-state index in [4.69, 9.17) is 14.2 Å². The van der Waals surface area contributed by atoms with Crippen LogP contribution in [0.25, 0.3) is 0 Å². The van der Waals surface area contributed by atoms with Crippen molar-refractivity contribution in [2.75, 3.05) is 20.8 Å². The van der Waals surface area contributed by atoms with E-state index in [0.717, 1.165) is 12.2 Å². The van der Waals surface area contributed by atoms with Crippen molar-refractivity contribution in [2.24, 2.45) is 0 Å². The number of ether oxygens (including phenoxy) is 3. The van der Waals surface area contributed by atoms with Crippen molar-refractivity contribution >= 4 is 0 Å². The molecule has 0 radical (unpaired) electrons. The summed E-state index contributed by atoms with van der Waals surface area (Å²) >= 11 is 0. The first-order valence-electron chi connectivity index (χ1n) is 5.26. The van der Waals surface area contributed by atoms with E-state index in [9.17, 15) is 5.11 Å². The van der Waals surface area contributed by atoms with E-state index in [-0.39, 0.29) is 6.10 Å². The predicted octanol–water partition coefficient (Wildman–Crippen LogP) is 1.53. The molecule has 2 unspecified atom stereocenters. The van der Waals surface area contributed by atoms with Crippen LogP contribution >= 0.6 is 0 Å². The normalized spacial score (nSPS) is 20.3. The molecule has 1 aromatic carbocycles. The second kappa shape index (κ2) is 4.72. The van der Waals surface area contributed by atoms with Crippen LogP contribution in [0.2, 0.25) is 0 Å². The average Bonchev–Trinajstić information content (AvgIpc) is 3.11. The van der Waals surface area contributed by atoms with Crippen molar-refractivity contribution in [3.05, 3.63) is 23.8 Å². The lowest BCUT2D eigenvalue weighted by Gasteiger charge is -2.13. The van der Waals surface area contributed by atoms with Gasteiger partial charge in [0.2, 0.25) is 0 Å². The number of rotatable bonds is 5. The smallest absolute Gasteiger partial charge is 0.161 e. The summed E-state index contributed by atoms with van der Waals surface area (Å²) < 4.78 is 15.4. The molecule has 0 spiro atoms. The van der Waals surface area contributed by atoms with Gasteiger partial charge in [-0.05, 0) is 17.7 Å². The molecule has 1 heterocycles. The number of aliphatic hydroxyl groups excluding tert-OH is 1. The highest BCUT2D eigenvalue weighted by Crippen LogP contribution is 2.32. The molecule has 4 heteroatoms. The molecule has 1 aliphatic rings. The van der Waals surface area contributed by atoms with E-state index >= 15 is 0 Å². The Hall–Kier alpha value is -1.26. The van der Waals surface area contributed by atoms with Gasteiger partial charge in [-0.3, -0.25) is 0 Å². The quantitative estimate of drug-likeness (QED) is 0.770. The summed E-state index contributed by atoms with van der Waals surface area (Å²) in [5, 5.41) is 9.94. The summed E-state index contributed by atoms with van der Waals surface area (Å²) in [5.74, 6) is 1.30. The Morgan fingerprint density at radius 2 is 2.06 bits per heavy atom. The summed E-state index contributed by atoms with van der Waals surface area (Å²) in [6, 6.07) is 5.44. The van der Waals surface area contributed by atoms with Gasteiger partial charge in [-0.25, -0.2) is 0 Å². The summed E-state index contributed by atoms with van der Waals surface area (Å²) in [6.07, 6.45) is 0.338. The minimum Gasteiger partial charge on any atom is -0.493 e. The molecule has 16 heavy (non-hydrogen) atoms. The Kier molecular flexibility index (Phi) is 3.31. The highest BCUT2D eigenvalue weighted by Gasteiger charge is 2.26. The Labute approximate surface area is 94.8 Å². The lowest BCUT2D eigenvalue weighted by Crippen LogP contribution is -2.02. The van der Waals surface area contributed by atoms with Crippen molar-refractivity contribution in [2.45, 2.75) is 18.6 Å². The van der Waals surface area contributed by atoms with Crippen LogP contribution in [0.1, 0.15) is 18.1 Å². The van der Waals surface area contributed by atoms with Gasteiger partial charge >= 0.3 is 0 Å². The minimum absolute atomic E-state index is 0.211. The molecule has 4 nitrogen and oxygen atoms in total. The molecule has 1 fully saturated rings. The van der Waals surface area contributed by atoms with Crippen molar-refractivity contribution in [1.29, 1.82) is 0 Å². The minimum atomic E-state index is -0.507. The molecule has 1 aliphatic heterocycles. The van der Waals surface area contributed by atoms with Gasteiger partial charge in [-0.15, -0.1) is 0 Å². The summed E-state index contributed by atoms with van der Waals surface area (Å²) in [4.78, 5) is 0. The topological polar surface area (TPSA) is 51.2 Å². The fraction of sp³-hybridized carbons (Fsp3) is 0.500. The van der Waals surface area contributed by atoms with Crippen molar-refractivity contribution in [3.8, 4) is 11.5 Å². The lowest BCUT2D eigenvalue weighted by atomic mass is 10.0. The Morgan fingerprint density at radius 3 is 2.62 bits per heavy atom. The molecule has 2 atom stereocenters. The van der Waals surface area contributed by atoms with Gasteiger partial charge < -0.3 is 19.3 Å². The fourth-order valence-corrected chi connectivity index (χ4v) is 1.65. The third-order valence-electron chi connectivity index (χ3n) is 2.68. The molecular formula is C12H16O4. The highest BCUT2D eigenvalue weighted by atomic mass is 16.6. The zero-order valence-corrected chi connectivity index (χ0v) is 9.47. The monoisotopic (exact) mass is 224 g/mol. The maximum atomic E-state index is 9.94. The van der Waals surface area contributed by atoms with E-state index in [1.165, 1.54) is 0 Å². The summed E-state index contributed by atoms with van der Waals surface area (Å²) in [7, 11) is 3.17. The van der Waals surface area contributed by atoms with Gasteiger partial charge in [0.15, 0.2) is 11.5 Å². The molecule has 0 aromatic heterocycles. The standard InChI is InChI=1S/C12H16O4/c1-14-11-4-3-8(5-12(11)15-2)10(13)6-9-7-16-9/h3-5,9-10,13H,6-7H2,1-2H3. The fourth-order valence-electron chi connectivity index (χ4n) is 1.65. The van der Waals surface area contributed by atoms with Gasteiger partial charge in [0.25, 0.3) is 0 Å². The number of hydrogen-bond donors (Lipinski definition) is 1. The molecule has 1 saturated heterocycles. The first-order chi connectivity index (χ1) is 7.74. The summed E-state index contributed by atoms with van der Waals surface area (Å²) in [6.45, 7) is 0.754. The van der Waals surface area contributed by atoms with E-state index in [2.05, 4.69) is 0 Å². The predicted molar refractivity (Wildman–Crippen MR) is 58.9 cm³/mol. The van der Waals surface area contributed by atoms with Crippen LogP contribution in [0.4, 0.5) is 0 Å². The number of methoxy groups -OCH3 is 2. The Balaban J connectivity index is 2.13. The van der Waals surface area contributed by atoms with Gasteiger partial charge in [0, 0.05) is 6.42 Å². The molecule has 88 valence electrons. The molecule has 2 rings (SSSR count). The van der Waals surface area contributed by atoms with Gasteiger partial charge in [0.05, 0.1) is 33.0 Å². The van der Waals surface area contributed by atoms with Crippen molar-refractivity contribution in [3.63, 3.8) is 0 Å². The number of hydrogen-bond acceptors (Lipinski definition) is 4. The molecule has 1 aromatic rings. The third kappa shape index (κ3) is 2.46. The van der Waals surface area contributed by atoms with Crippen LogP contribution in [-0.2, 0) is 4.74 Å². The zero-order chi connectivity index (χ0) is 11.5. The third-order valence-corrected chi connectivity index (χ3v) is 2.68. The maximum absolute atomic E-state index is 9.94. The van der Waals surface area contributed by atoms with Crippen LogP contribution in [0, 0.1) is 0 Å².